The van der Waals surface area contributed by atoms with E-state index in [1.807, 2.05) is 37.0 Å². The van der Waals surface area contributed by atoms with Crippen LogP contribution in [-0.2, 0) is 0 Å². The van der Waals surface area contributed by atoms with Crippen molar-refractivity contribution in [1.82, 2.24) is 15.3 Å². The molecule has 0 unspecified atom stereocenters. The number of nitrogens with two attached hydrogens (primary N) is 1. The first kappa shape index (κ1) is 9.27. The summed E-state index contributed by atoms with van der Waals surface area (Å²) in [7, 11) is 3.83. The summed E-state index contributed by atoms with van der Waals surface area (Å²) in [5, 5.41) is 2.59. The number of nitrogens with one attached hydrogen (secondary N) is 1. The van der Waals surface area contributed by atoms with E-state index >= 15 is 0 Å². The van der Waals surface area contributed by atoms with Gasteiger partial charge in [-0.25, -0.2) is 0 Å². The lowest BCUT2D eigenvalue weighted by atomic mass is 10.1. The van der Waals surface area contributed by atoms with Crippen molar-refractivity contribution in [2.24, 2.45) is 5.73 Å². The molecule has 0 aromatic carbocycles. The summed E-state index contributed by atoms with van der Waals surface area (Å²) < 4.78 is 0. The van der Waals surface area contributed by atoms with Crippen molar-refractivity contribution in [1.29, 1.82) is 0 Å². The average molecular weight is 213 g/mol. The minimum Gasteiger partial charge on any atom is -0.382 e. The summed E-state index contributed by atoms with van der Waals surface area (Å²) in [6.07, 6.45) is 2.02. The molecule has 0 aliphatic carbocycles. The highest BCUT2D eigenvalue weighted by atomic mass is 35.5. The molecule has 2 aliphatic rings. The largest absolute Gasteiger partial charge is 0.382 e. The lowest BCUT2D eigenvalue weighted by Crippen LogP contribution is -2.29. The zero-order valence-corrected chi connectivity index (χ0v) is 9.18. The molecule has 2 aliphatic heterocycles. The minimum atomic E-state index is 0.631. The third kappa shape index (κ3) is 1.07. The van der Waals surface area contributed by atoms with Gasteiger partial charge in [0.2, 0.25) is 0 Å². The van der Waals surface area contributed by atoms with Gasteiger partial charge in [-0.05, 0) is 18.6 Å². The molecule has 4 nitrogen and oxygen atoms in total. The van der Waals surface area contributed by atoms with E-state index in [9.17, 15) is 0 Å². The second kappa shape index (κ2) is 2.85. The number of hydrazine groups is 1. The Morgan fingerprint density at radius 2 is 2.07 bits per heavy atom. The Morgan fingerprint density at radius 1 is 1.43 bits per heavy atom. The predicted molar refractivity (Wildman–Crippen MR) is 56.5 cm³/mol. The maximum atomic E-state index is 6.12. The van der Waals surface area contributed by atoms with E-state index in [0.29, 0.717) is 11.0 Å². The van der Waals surface area contributed by atoms with Crippen molar-refractivity contribution < 1.29 is 0 Å². The third-order valence-corrected chi connectivity index (χ3v) is 3.01. The van der Waals surface area contributed by atoms with Crippen molar-refractivity contribution >= 4 is 11.6 Å². The Bertz CT molecular complexity index is 380. The fourth-order valence-electron chi connectivity index (χ4n) is 1.74. The van der Waals surface area contributed by atoms with Gasteiger partial charge in [0.25, 0.3) is 0 Å². The van der Waals surface area contributed by atoms with Crippen LogP contribution >= 0.6 is 11.6 Å². The van der Waals surface area contributed by atoms with Crippen LogP contribution < -0.4 is 11.2 Å². The maximum Gasteiger partial charge on any atom is 0.142 e. The molecule has 0 aromatic heterocycles. The zero-order chi connectivity index (χ0) is 10.5. The van der Waals surface area contributed by atoms with E-state index in [2.05, 4.69) is 5.43 Å². The highest BCUT2D eigenvalue weighted by Crippen LogP contribution is 2.34. The molecule has 0 fully saturated rings. The molecule has 76 valence electrons. The molecule has 0 atom stereocenters. The number of allylic oxidation sites excluding steroid dienone is 2. The van der Waals surface area contributed by atoms with Crippen LogP contribution in [-0.4, -0.2) is 24.0 Å². The molecule has 0 radical (unpaired) electrons. The van der Waals surface area contributed by atoms with E-state index in [1.54, 1.807) is 0 Å². The second-order valence-corrected chi connectivity index (χ2v) is 3.85. The molecular formula is C9H13ClN4. The van der Waals surface area contributed by atoms with Gasteiger partial charge in [-0.2, -0.15) is 0 Å². The van der Waals surface area contributed by atoms with E-state index in [0.717, 1.165) is 17.0 Å². The third-order valence-electron chi connectivity index (χ3n) is 2.46. The first-order valence-electron chi connectivity index (χ1n) is 4.34. The molecule has 5 heteroatoms. The Morgan fingerprint density at radius 3 is 2.71 bits per heavy atom. The van der Waals surface area contributed by atoms with E-state index in [4.69, 9.17) is 17.3 Å². The number of halogens is 1. The van der Waals surface area contributed by atoms with Gasteiger partial charge in [-0.3, -0.25) is 10.4 Å². The number of likely N-dealkylation sites (N-methyl/N-ethyl adjacent to an activating group) is 2. The summed E-state index contributed by atoms with van der Waals surface area (Å²) in [5.41, 5.74) is 11.9. The molecule has 0 bridgehead atoms. The van der Waals surface area contributed by atoms with Crippen LogP contribution in [0.3, 0.4) is 0 Å². The summed E-state index contributed by atoms with van der Waals surface area (Å²) in [6, 6.07) is 0. The van der Waals surface area contributed by atoms with Gasteiger partial charge in [-0.1, -0.05) is 11.6 Å². The monoisotopic (exact) mass is 212 g/mol. The Kier molecular flexibility index (Phi) is 1.89. The lowest BCUT2D eigenvalue weighted by molar-refractivity contribution is 0.363. The average Bonchev–Trinajstić information content (AvgIpc) is 2.38. The normalized spacial score (nSPS) is 21.3. The lowest BCUT2D eigenvalue weighted by Gasteiger charge is -2.27. The Hall–Kier alpha value is -1.29. The molecule has 0 spiro atoms. The molecule has 14 heavy (non-hydrogen) atoms. The standard InChI is InChI=1S/C9H13ClN4/c1-5-4-6-7(13(2)8(5)10)9(11)12-14(6)3/h4,12H,11H2,1-3H3. The topological polar surface area (TPSA) is 44.5 Å². The van der Waals surface area contributed by atoms with Gasteiger partial charge in [0.05, 0.1) is 5.70 Å². The smallest absolute Gasteiger partial charge is 0.142 e. The van der Waals surface area contributed by atoms with Crippen LogP contribution in [0, 0.1) is 0 Å². The quantitative estimate of drug-likeness (QED) is 0.585. The van der Waals surface area contributed by atoms with Crippen molar-refractivity contribution in [3.63, 3.8) is 0 Å². The maximum absolute atomic E-state index is 6.12. The summed E-state index contributed by atoms with van der Waals surface area (Å²) in [4.78, 5) is 1.89. The van der Waals surface area contributed by atoms with Crippen molar-refractivity contribution in [3.05, 3.63) is 34.0 Å². The molecular weight excluding hydrogens is 200 g/mol. The summed E-state index contributed by atoms with van der Waals surface area (Å²) in [5.74, 6) is 0.631. The highest BCUT2D eigenvalue weighted by Gasteiger charge is 2.30. The van der Waals surface area contributed by atoms with Gasteiger partial charge in [-0.15, -0.1) is 0 Å². The van der Waals surface area contributed by atoms with Gasteiger partial charge in [0, 0.05) is 14.1 Å². The fourth-order valence-corrected chi connectivity index (χ4v) is 1.87. The molecule has 2 heterocycles. The number of fused-ring (bicyclic) bond motifs is 1. The Balaban J connectivity index is 2.55. The SMILES string of the molecule is CC1=C(Cl)N(C)C2=C(N)NN(C)C2=C1. The molecule has 0 saturated heterocycles. The van der Waals surface area contributed by atoms with Crippen molar-refractivity contribution in [3.8, 4) is 0 Å². The zero-order valence-electron chi connectivity index (χ0n) is 8.43. The first-order chi connectivity index (χ1) is 6.52. The van der Waals surface area contributed by atoms with Gasteiger partial charge in [0.1, 0.15) is 16.7 Å². The van der Waals surface area contributed by atoms with E-state index in [-0.39, 0.29) is 0 Å². The van der Waals surface area contributed by atoms with Crippen LogP contribution in [0.15, 0.2) is 34.0 Å². The van der Waals surface area contributed by atoms with Crippen LogP contribution in [0.4, 0.5) is 0 Å². The summed E-state index contributed by atoms with van der Waals surface area (Å²) >= 11 is 6.12. The molecule has 0 amide bonds. The van der Waals surface area contributed by atoms with Gasteiger partial charge < -0.3 is 10.6 Å². The fraction of sp³-hybridized carbons (Fsp3) is 0.333. The van der Waals surface area contributed by atoms with Crippen LogP contribution in [0.5, 0.6) is 0 Å². The molecule has 2 rings (SSSR count). The van der Waals surface area contributed by atoms with Gasteiger partial charge >= 0.3 is 0 Å². The number of hydrogen-bond donors (Lipinski definition) is 2. The minimum absolute atomic E-state index is 0.631. The van der Waals surface area contributed by atoms with Crippen molar-refractivity contribution in [2.75, 3.05) is 14.1 Å². The molecule has 0 saturated carbocycles. The second-order valence-electron chi connectivity index (χ2n) is 3.50. The van der Waals surface area contributed by atoms with Crippen molar-refractivity contribution in [2.45, 2.75) is 6.92 Å². The number of nitrogens with zero attached hydrogens (tertiary/aromatic N) is 2. The predicted octanol–water partition coefficient (Wildman–Crippen LogP) is 0.864. The molecule has 3 N–H and O–H groups in total. The highest BCUT2D eigenvalue weighted by molar-refractivity contribution is 6.30. The first-order valence-corrected chi connectivity index (χ1v) is 4.72. The van der Waals surface area contributed by atoms with Crippen LogP contribution in [0.25, 0.3) is 0 Å². The van der Waals surface area contributed by atoms with E-state index in [1.165, 1.54) is 0 Å². The number of hydrogen-bond acceptors (Lipinski definition) is 4. The number of rotatable bonds is 0. The van der Waals surface area contributed by atoms with Gasteiger partial charge in [0.15, 0.2) is 0 Å². The van der Waals surface area contributed by atoms with Crippen LogP contribution in [0.2, 0.25) is 0 Å². The molecule has 0 aromatic rings. The van der Waals surface area contributed by atoms with Crippen LogP contribution in [0.1, 0.15) is 6.92 Å². The van der Waals surface area contributed by atoms with E-state index < -0.39 is 0 Å². The summed E-state index contributed by atoms with van der Waals surface area (Å²) in [6.45, 7) is 1.98. The Labute approximate surface area is 88.3 Å².